The first kappa shape index (κ1) is 16.7. The zero-order valence-corrected chi connectivity index (χ0v) is 14.4. The van der Waals surface area contributed by atoms with E-state index in [0.29, 0.717) is 13.0 Å². The molecule has 1 fully saturated rings. The first-order chi connectivity index (χ1) is 11.5. The molecule has 1 aromatic carbocycles. The molecule has 2 aromatic rings. The molecule has 0 aliphatic carbocycles. The lowest BCUT2D eigenvalue weighted by atomic mass is 9.77. The Hall–Kier alpha value is -2.14. The van der Waals surface area contributed by atoms with Gasteiger partial charge in [-0.25, -0.2) is 4.68 Å². The molecule has 1 aromatic heterocycles. The number of nitrogens with zero attached hydrogens (tertiary/aromatic N) is 3. The summed E-state index contributed by atoms with van der Waals surface area (Å²) in [6.45, 7) is 6.37. The summed E-state index contributed by atoms with van der Waals surface area (Å²) in [5.74, 6) is -0.662. The second-order valence-electron chi connectivity index (χ2n) is 6.89. The monoisotopic (exact) mass is 327 g/mol. The maximum atomic E-state index is 11.7. The number of hydrogen-bond donors (Lipinski definition) is 1. The summed E-state index contributed by atoms with van der Waals surface area (Å²) in [6.07, 6.45) is 6.31. The SMILES string of the molecule is CCC1(C(=O)O)CCCN(Cc2cnn(-c3cccc(C)c3)c2)C1. The molecule has 3 rings (SSSR count). The summed E-state index contributed by atoms with van der Waals surface area (Å²) in [7, 11) is 0. The van der Waals surface area contributed by atoms with Gasteiger partial charge in [0.2, 0.25) is 0 Å². The molecule has 1 aliphatic heterocycles. The van der Waals surface area contributed by atoms with Crippen LogP contribution in [0.3, 0.4) is 0 Å². The summed E-state index contributed by atoms with van der Waals surface area (Å²) < 4.78 is 1.89. The second-order valence-corrected chi connectivity index (χ2v) is 6.89. The van der Waals surface area contributed by atoms with Crippen LogP contribution in [0.25, 0.3) is 5.69 Å². The molecule has 0 bridgehead atoms. The van der Waals surface area contributed by atoms with Gasteiger partial charge in [0.1, 0.15) is 0 Å². The van der Waals surface area contributed by atoms with Crippen molar-refractivity contribution in [2.24, 2.45) is 5.41 Å². The topological polar surface area (TPSA) is 58.4 Å². The summed E-state index contributed by atoms with van der Waals surface area (Å²) in [5.41, 5.74) is 2.78. The number of rotatable bonds is 5. The van der Waals surface area contributed by atoms with Crippen molar-refractivity contribution in [2.45, 2.75) is 39.7 Å². The lowest BCUT2D eigenvalue weighted by Crippen LogP contribution is -2.47. The third kappa shape index (κ3) is 3.36. The van der Waals surface area contributed by atoms with Crippen molar-refractivity contribution in [1.29, 1.82) is 0 Å². The van der Waals surface area contributed by atoms with E-state index in [0.717, 1.165) is 37.2 Å². The Labute approximate surface area is 142 Å². The third-order valence-electron chi connectivity index (χ3n) is 5.09. The van der Waals surface area contributed by atoms with Gasteiger partial charge in [-0.1, -0.05) is 19.1 Å². The fraction of sp³-hybridized carbons (Fsp3) is 0.474. The van der Waals surface area contributed by atoms with Crippen molar-refractivity contribution >= 4 is 5.97 Å². The molecular weight excluding hydrogens is 302 g/mol. The highest BCUT2D eigenvalue weighted by Gasteiger charge is 2.40. The molecule has 5 nitrogen and oxygen atoms in total. The average molecular weight is 327 g/mol. The number of piperidine rings is 1. The van der Waals surface area contributed by atoms with Crippen LogP contribution in [0.2, 0.25) is 0 Å². The van der Waals surface area contributed by atoms with Crippen LogP contribution in [0.5, 0.6) is 0 Å². The number of carboxylic acids is 1. The highest BCUT2D eigenvalue weighted by Crippen LogP contribution is 2.34. The van der Waals surface area contributed by atoms with Crippen LogP contribution in [-0.2, 0) is 11.3 Å². The quantitative estimate of drug-likeness (QED) is 0.916. The van der Waals surface area contributed by atoms with Crippen molar-refractivity contribution in [3.05, 3.63) is 47.8 Å². The Kier molecular flexibility index (Phi) is 4.71. The Morgan fingerprint density at radius 2 is 2.25 bits per heavy atom. The maximum absolute atomic E-state index is 11.7. The molecule has 1 atom stereocenters. The molecule has 0 saturated carbocycles. The molecule has 5 heteroatoms. The lowest BCUT2D eigenvalue weighted by molar-refractivity contribution is -0.153. The predicted octanol–water partition coefficient (Wildman–Crippen LogP) is 3.26. The van der Waals surface area contributed by atoms with Crippen molar-refractivity contribution in [3.8, 4) is 5.69 Å². The molecule has 1 N–H and O–H groups in total. The first-order valence-electron chi connectivity index (χ1n) is 8.59. The van der Waals surface area contributed by atoms with Gasteiger partial charge in [0.15, 0.2) is 0 Å². The van der Waals surface area contributed by atoms with Crippen molar-refractivity contribution < 1.29 is 9.90 Å². The molecule has 1 saturated heterocycles. The summed E-state index contributed by atoms with van der Waals surface area (Å²) >= 11 is 0. The second kappa shape index (κ2) is 6.77. The normalized spacial score (nSPS) is 21.8. The van der Waals surface area contributed by atoms with Gasteiger partial charge in [-0.05, 0) is 50.4 Å². The highest BCUT2D eigenvalue weighted by molar-refractivity contribution is 5.75. The molecular formula is C19H25N3O2. The van der Waals surface area contributed by atoms with Crippen LogP contribution < -0.4 is 0 Å². The van der Waals surface area contributed by atoms with Gasteiger partial charge >= 0.3 is 5.97 Å². The summed E-state index contributed by atoms with van der Waals surface area (Å²) in [4.78, 5) is 13.9. The highest BCUT2D eigenvalue weighted by atomic mass is 16.4. The molecule has 1 unspecified atom stereocenters. The van der Waals surface area contributed by atoms with Gasteiger partial charge in [-0.3, -0.25) is 9.69 Å². The average Bonchev–Trinajstić information content (AvgIpc) is 3.03. The zero-order valence-electron chi connectivity index (χ0n) is 14.4. The number of carbonyl (C=O) groups is 1. The predicted molar refractivity (Wildman–Crippen MR) is 93.2 cm³/mol. The Morgan fingerprint density at radius 3 is 2.96 bits per heavy atom. The number of aromatic nitrogens is 2. The third-order valence-corrected chi connectivity index (χ3v) is 5.09. The van der Waals surface area contributed by atoms with E-state index in [4.69, 9.17) is 0 Å². The van der Waals surface area contributed by atoms with E-state index in [-0.39, 0.29) is 0 Å². The molecule has 0 spiro atoms. The fourth-order valence-corrected chi connectivity index (χ4v) is 3.59. The molecule has 24 heavy (non-hydrogen) atoms. The van der Waals surface area contributed by atoms with Gasteiger partial charge in [0.05, 0.1) is 17.3 Å². The number of likely N-dealkylation sites (tertiary alicyclic amines) is 1. The first-order valence-corrected chi connectivity index (χ1v) is 8.59. The zero-order chi connectivity index (χ0) is 17.2. The Morgan fingerprint density at radius 1 is 1.42 bits per heavy atom. The van der Waals surface area contributed by atoms with Gasteiger partial charge in [0, 0.05) is 24.8 Å². The standard InChI is InChI=1S/C19H25N3O2/c1-3-19(18(23)24)8-5-9-21(14-19)12-16-11-20-22(13-16)17-7-4-6-15(2)10-17/h4,6-7,10-11,13H,3,5,8-9,12,14H2,1-2H3,(H,23,24). The van der Waals surface area contributed by atoms with Crippen LogP contribution in [0.1, 0.15) is 37.3 Å². The van der Waals surface area contributed by atoms with E-state index in [1.165, 1.54) is 5.56 Å². The van der Waals surface area contributed by atoms with Gasteiger partial charge in [-0.2, -0.15) is 5.10 Å². The van der Waals surface area contributed by atoms with Crippen LogP contribution in [0, 0.1) is 12.3 Å². The van der Waals surface area contributed by atoms with E-state index < -0.39 is 11.4 Å². The number of benzene rings is 1. The van der Waals surface area contributed by atoms with Crippen molar-refractivity contribution in [2.75, 3.05) is 13.1 Å². The summed E-state index contributed by atoms with van der Waals surface area (Å²) in [6, 6.07) is 8.23. The van der Waals surface area contributed by atoms with Gasteiger partial charge in [0.25, 0.3) is 0 Å². The number of carboxylic acid groups (broad SMARTS) is 1. The molecule has 1 aliphatic rings. The van der Waals surface area contributed by atoms with Gasteiger partial charge < -0.3 is 5.11 Å². The van der Waals surface area contributed by atoms with Crippen LogP contribution in [-0.4, -0.2) is 38.8 Å². The molecule has 0 radical (unpaired) electrons. The smallest absolute Gasteiger partial charge is 0.310 e. The Balaban J connectivity index is 1.72. The fourth-order valence-electron chi connectivity index (χ4n) is 3.59. The minimum absolute atomic E-state index is 0.592. The molecule has 128 valence electrons. The summed E-state index contributed by atoms with van der Waals surface area (Å²) in [5, 5.41) is 14.1. The number of aliphatic carboxylic acids is 1. The van der Waals surface area contributed by atoms with Crippen LogP contribution in [0.15, 0.2) is 36.7 Å². The van der Waals surface area contributed by atoms with Gasteiger partial charge in [-0.15, -0.1) is 0 Å². The maximum Gasteiger partial charge on any atom is 0.310 e. The largest absolute Gasteiger partial charge is 0.481 e. The lowest BCUT2D eigenvalue weighted by Gasteiger charge is -2.39. The Bertz CT molecular complexity index is 725. The van der Waals surface area contributed by atoms with E-state index >= 15 is 0 Å². The number of hydrogen-bond acceptors (Lipinski definition) is 3. The van der Waals surface area contributed by atoms with Crippen molar-refractivity contribution in [3.63, 3.8) is 0 Å². The van der Waals surface area contributed by atoms with E-state index in [1.54, 1.807) is 0 Å². The van der Waals surface area contributed by atoms with E-state index in [1.807, 2.05) is 36.1 Å². The minimum Gasteiger partial charge on any atom is -0.481 e. The molecule has 0 amide bonds. The van der Waals surface area contributed by atoms with Crippen LogP contribution >= 0.6 is 0 Å². The number of aryl methyl sites for hydroxylation is 1. The van der Waals surface area contributed by atoms with Crippen molar-refractivity contribution in [1.82, 2.24) is 14.7 Å². The van der Waals surface area contributed by atoms with E-state index in [9.17, 15) is 9.90 Å². The molecule has 2 heterocycles. The van der Waals surface area contributed by atoms with E-state index in [2.05, 4.69) is 29.1 Å². The minimum atomic E-state index is -0.662. The van der Waals surface area contributed by atoms with Crippen LogP contribution in [0.4, 0.5) is 0 Å².